The van der Waals surface area contributed by atoms with Crippen LogP contribution in [-0.2, 0) is 0 Å². The quantitative estimate of drug-likeness (QED) is 0.767. The predicted octanol–water partition coefficient (Wildman–Crippen LogP) is 4.25. The van der Waals surface area contributed by atoms with Gasteiger partial charge in [0.25, 0.3) is 0 Å². The van der Waals surface area contributed by atoms with Crippen LogP contribution in [0.4, 0.5) is 4.39 Å². The molecule has 2 nitrogen and oxygen atoms in total. The van der Waals surface area contributed by atoms with Crippen molar-refractivity contribution in [3.63, 3.8) is 0 Å². The molecule has 1 unspecified atom stereocenters. The van der Waals surface area contributed by atoms with E-state index < -0.39 is 0 Å². The van der Waals surface area contributed by atoms with Crippen LogP contribution in [0.5, 0.6) is 0 Å². The van der Waals surface area contributed by atoms with E-state index in [-0.39, 0.29) is 11.9 Å². The van der Waals surface area contributed by atoms with Crippen molar-refractivity contribution in [3.8, 4) is 0 Å². The molecule has 19 heavy (non-hydrogen) atoms. The Kier molecular flexibility index (Phi) is 5.48. The van der Waals surface area contributed by atoms with Gasteiger partial charge in [-0.25, -0.2) is 4.39 Å². The zero-order valence-electron chi connectivity index (χ0n) is 10.9. The summed E-state index contributed by atoms with van der Waals surface area (Å²) < 4.78 is 18.6. The average Bonchev–Trinajstić information content (AvgIpc) is 2.93. The summed E-state index contributed by atoms with van der Waals surface area (Å²) >= 11 is 1.63. The van der Waals surface area contributed by atoms with Gasteiger partial charge in [0.15, 0.2) is 0 Å². The number of rotatable bonds is 7. The molecule has 0 bridgehead atoms. The minimum absolute atomic E-state index is 0.156. The minimum atomic E-state index is -0.193. The van der Waals surface area contributed by atoms with Crippen LogP contribution >= 0.6 is 11.8 Å². The molecule has 0 aliphatic heterocycles. The number of thioether (sulfide) groups is 1. The number of hydrogen-bond donors (Lipinski definition) is 1. The Morgan fingerprint density at radius 2 is 2.21 bits per heavy atom. The maximum atomic E-state index is 13.1. The summed E-state index contributed by atoms with van der Waals surface area (Å²) in [5.41, 5.74) is 0. The lowest BCUT2D eigenvalue weighted by molar-refractivity contribution is 0.435. The summed E-state index contributed by atoms with van der Waals surface area (Å²) in [7, 11) is 0. The zero-order chi connectivity index (χ0) is 13.5. The summed E-state index contributed by atoms with van der Waals surface area (Å²) in [5, 5.41) is 3.45. The van der Waals surface area contributed by atoms with Crippen LogP contribution in [0.25, 0.3) is 0 Å². The SMILES string of the molecule is CCCNC(CSc1cccc(F)c1)c1ccco1. The summed E-state index contributed by atoms with van der Waals surface area (Å²) in [6.45, 7) is 3.07. The fourth-order valence-corrected chi connectivity index (χ4v) is 2.80. The molecule has 102 valence electrons. The van der Waals surface area contributed by atoms with Crippen LogP contribution in [0.1, 0.15) is 25.1 Å². The molecule has 1 heterocycles. The first-order valence-electron chi connectivity index (χ1n) is 6.44. The summed E-state index contributed by atoms with van der Waals surface area (Å²) in [4.78, 5) is 0.940. The van der Waals surface area contributed by atoms with Gasteiger partial charge in [-0.2, -0.15) is 0 Å². The molecule has 0 saturated carbocycles. The van der Waals surface area contributed by atoms with Crippen molar-refractivity contribution in [2.24, 2.45) is 0 Å². The van der Waals surface area contributed by atoms with Gasteiger partial charge in [0.2, 0.25) is 0 Å². The smallest absolute Gasteiger partial charge is 0.124 e. The third-order valence-electron chi connectivity index (χ3n) is 2.74. The Morgan fingerprint density at radius 1 is 1.32 bits per heavy atom. The topological polar surface area (TPSA) is 25.2 Å². The second-order valence-corrected chi connectivity index (χ2v) is 5.38. The Morgan fingerprint density at radius 3 is 2.89 bits per heavy atom. The number of benzene rings is 1. The van der Waals surface area contributed by atoms with E-state index in [9.17, 15) is 4.39 Å². The Bertz CT molecular complexity index is 487. The maximum absolute atomic E-state index is 13.1. The van der Waals surface area contributed by atoms with E-state index in [1.54, 1.807) is 30.2 Å². The molecule has 1 aromatic heterocycles. The third-order valence-corrected chi connectivity index (χ3v) is 3.83. The molecule has 0 spiro atoms. The van der Waals surface area contributed by atoms with Gasteiger partial charge in [-0.15, -0.1) is 11.8 Å². The molecule has 4 heteroatoms. The lowest BCUT2D eigenvalue weighted by Gasteiger charge is -2.15. The van der Waals surface area contributed by atoms with E-state index in [0.717, 1.165) is 29.4 Å². The molecule has 0 fully saturated rings. The van der Waals surface area contributed by atoms with Crippen molar-refractivity contribution in [1.82, 2.24) is 5.32 Å². The Labute approximate surface area is 117 Å². The molecule has 0 amide bonds. The fraction of sp³-hybridized carbons (Fsp3) is 0.333. The second kappa shape index (κ2) is 7.36. The van der Waals surface area contributed by atoms with Gasteiger partial charge in [0, 0.05) is 10.6 Å². The van der Waals surface area contributed by atoms with Gasteiger partial charge in [-0.3, -0.25) is 0 Å². The highest BCUT2D eigenvalue weighted by atomic mass is 32.2. The highest BCUT2D eigenvalue weighted by Crippen LogP contribution is 2.25. The third kappa shape index (κ3) is 4.40. The van der Waals surface area contributed by atoms with Crippen LogP contribution < -0.4 is 5.32 Å². The van der Waals surface area contributed by atoms with Crippen LogP contribution in [0, 0.1) is 5.82 Å². The van der Waals surface area contributed by atoms with Crippen LogP contribution in [-0.4, -0.2) is 12.3 Å². The number of furan rings is 1. The number of hydrogen-bond acceptors (Lipinski definition) is 3. The van der Waals surface area contributed by atoms with Crippen molar-refractivity contribution in [2.75, 3.05) is 12.3 Å². The molecule has 0 aliphatic rings. The molecule has 0 aliphatic carbocycles. The van der Waals surface area contributed by atoms with Crippen LogP contribution in [0.2, 0.25) is 0 Å². The van der Waals surface area contributed by atoms with Crippen molar-refractivity contribution in [2.45, 2.75) is 24.3 Å². The van der Waals surface area contributed by atoms with Crippen molar-refractivity contribution >= 4 is 11.8 Å². The lowest BCUT2D eigenvalue weighted by Crippen LogP contribution is -2.23. The summed E-state index contributed by atoms with van der Waals surface area (Å²) in [6.07, 6.45) is 2.75. The first-order valence-corrected chi connectivity index (χ1v) is 7.43. The van der Waals surface area contributed by atoms with Crippen molar-refractivity contribution in [3.05, 3.63) is 54.2 Å². The maximum Gasteiger partial charge on any atom is 0.124 e. The highest BCUT2D eigenvalue weighted by Gasteiger charge is 2.13. The van der Waals surface area contributed by atoms with Gasteiger partial charge in [-0.05, 0) is 43.3 Å². The van der Waals surface area contributed by atoms with Gasteiger partial charge in [0.05, 0.1) is 12.3 Å². The number of nitrogens with one attached hydrogen (secondary N) is 1. The molecule has 1 N–H and O–H groups in total. The Hall–Kier alpha value is -1.26. The summed E-state index contributed by atoms with van der Waals surface area (Å²) in [5.74, 6) is 1.55. The second-order valence-electron chi connectivity index (χ2n) is 4.29. The molecular weight excluding hydrogens is 261 g/mol. The van der Waals surface area contributed by atoms with E-state index in [2.05, 4.69) is 12.2 Å². The van der Waals surface area contributed by atoms with Crippen LogP contribution in [0.15, 0.2) is 52.0 Å². The highest BCUT2D eigenvalue weighted by molar-refractivity contribution is 7.99. The van der Waals surface area contributed by atoms with Gasteiger partial charge >= 0.3 is 0 Å². The largest absolute Gasteiger partial charge is 0.468 e. The zero-order valence-corrected chi connectivity index (χ0v) is 11.8. The van der Waals surface area contributed by atoms with E-state index in [0.29, 0.717) is 0 Å². The molecule has 1 aromatic carbocycles. The standard InChI is InChI=1S/C15H18FNOS/c1-2-8-17-14(15-7-4-9-18-15)11-19-13-6-3-5-12(16)10-13/h3-7,9-10,14,17H,2,8,11H2,1H3. The molecule has 0 saturated heterocycles. The molecule has 2 aromatic rings. The van der Waals surface area contributed by atoms with Gasteiger partial charge in [0.1, 0.15) is 11.6 Å². The normalized spacial score (nSPS) is 12.5. The Balaban J connectivity index is 1.96. The summed E-state index contributed by atoms with van der Waals surface area (Å²) in [6, 6.07) is 10.7. The van der Waals surface area contributed by atoms with E-state index in [1.165, 1.54) is 6.07 Å². The van der Waals surface area contributed by atoms with E-state index in [4.69, 9.17) is 4.42 Å². The van der Waals surface area contributed by atoms with Gasteiger partial charge in [-0.1, -0.05) is 13.0 Å². The first kappa shape index (κ1) is 14.2. The molecular formula is C15H18FNOS. The van der Waals surface area contributed by atoms with Crippen molar-refractivity contribution in [1.29, 1.82) is 0 Å². The van der Waals surface area contributed by atoms with Crippen LogP contribution in [0.3, 0.4) is 0 Å². The molecule has 1 atom stereocenters. The van der Waals surface area contributed by atoms with Crippen molar-refractivity contribution < 1.29 is 8.81 Å². The first-order chi connectivity index (χ1) is 9.29. The number of halogens is 1. The average molecular weight is 279 g/mol. The van der Waals surface area contributed by atoms with E-state index >= 15 is 0 Å². The molecule has 2 rings (SSSR count). The predicted molar refractivity (Wildman–Crippen MR) is 76.9 cm³/mol. The fourth-order valence-electron chi connectivity index (χ4n) is 1.79. The lowest BCUT2D eigenvalue weighted by atomic mass is 10.2. The monoisotopic (exact) mass is 279 g/mol. The minimum Gasteiger partial charge on any atom is -0.468 e. The van der Waals surface area contributed by atoms with Gasteiger partial charge < -0.3 is 9.73 Å². The molecule has 0 radical (unpaired) electrons. The van der Waals surface area contributed by atoms with E-state index in [1.807, 2.05) is 18.2 Å².